The molecule has 20 heavy (non-hydrogen) atoms. The number of rotatable bonds is 2. The molecule has 0 aliphatic rings. The van der Waals surface area contributed by atoms with Crippen molar-refractivity contribution in [3.8, 4) is 17.0 Å². The van der Waals surface area contributed by atoms with E-state index in [-0.39, 0.29) is 22.4 Å². The molecule has 0 amide bonds. The number of nitrogens with zero attached hydrogens (tertiary/aromatic N) is 1. The molecular formula is C16H20N2O2. The van der Waals surface area contributed by atoms with Crippen LogP contribution in [0.3, 0.4) is 0 Å². The Morgan fingerprint density at radius 1 is 1.30 bits per heavy atom. The maximum atomic E-state index is 12.2. The third-order valence-electron chi connectivity index (χ3n) is 2.95. The van der Waals surface area contributed by atoms with Crippen LogP contribution in [0.5, 0.6) is 5.88 Å². The third-order valence-corrected chi connectivity index (χ3v) is 2.95. The lowest BCUT2D eigenvalue weighted by molar-refractivity contribution is 0.392. The van der Waals surface area contributed by atoms with E-state index in [1.165, 1.54) is 0 Å². The highest BCUT2D eigenvalue weighted by molar-refractivity contribution is 5.67. The Morgan fingerprint density at radius 3 is 2.55 bits per heavy atom. The Morgan fingerprint density at radius 2 is 2.00 bits per heavy atom. The smallest absolute Gasteiger partial charge is 0.262 e. The SMILES string of the molecule is Cc1cccc(-c2c(O)nc(CC(C)(C)C)[nH]c2=O)c1. The molecule has 0 aliphatic heterocycles. The third kappa shape index (κ3) is 3.26. The molecule has 4 nitrogen and oxygen atoms in total. The van der Waals surface area contributed by atoms with Crippen LogP contribution >= 0.6 is 0 Å². The first-order valence-electron chi connectivity index (χ1n) is 6.65. The summed E-state index contributed by atoms with van der Waals surface area (Å²) in [6.45, 7) is 8.10. The molecule has 1 heterocycles. The van der Waals surface area contributed by atoms with Crippen molar-refractivity contribution < 1.29 is 5.11 Å². The van der Waals surface area contributed by atoms with Gasteiger partial charge in [-0.1, -0.05) is 50.6 Å². The number of aromatic nitrogens is 2. The van der Waals surface area contributed by atoms with Crippen molar-refractivity contribution in [3.63, 3.8) is 0 Å². The Labute approximate surface area is 118 Å². The average molecular weight is 272 g/mol. The van der Waals surface area contributed by atoms with Crippen LogP contribution in [0.1, 0.15) is 32.2 Å². The van der Waals surface area contributed by atoms with Crippen LogP contribution in [0.15, 0.2) is 29.1 Å². The molecule has 0 fully saturated rings. The molecule has 0 spiro atoms. The van der Waals surface area contributed by atoms with Crippen molar-refractivity contribution in [3.05, 3.63) is 46.0 Å². The molecule has 0 bridgehead atoms. The van der Waals surface area contributed by atoms with Crippen molar-refractivity contribution >= 4 is 0 Å². The number of hydrogen-bond acceptors (Lipinski definition) is 3. The molecule has 0 aliphatic carbocycles. The van der Waals surface area contributed by atoms with Gasteiger partial charge in [-0.25, -0.2) is 0 Å². The molecule has 0 radical (unpaired) electrons. The second-order valence-corrected chi connectivity index (χ2v) is 6.32. The average Bonchev–Trinajstić information content (AvgIpc) is 2.25. The molecule has 2 rings (SSSR count). The number of H-pyrrole nitrogens is 1. The van der Waals surface area contributed by atoms with E-state index < -0.39 is 0 Å². The summed E-state index contributed by atoms with van der Waals surface area (Å²) in [5.41, 5.74) is 1.63. The van der Waals surface area contributed by atoms with Gasteiger partial charge in [0.1, 0.15) is 11.4 Å². The molecule has 2 N–H and O–H groups in total. The van der Waals surface area contributed by atoms with E-state index in [4.69, 9.17) is 0 Å². The zero-order valence-corrected chi connectivity index (χ0v) is 12.3. The van der Waals surface area contributed by atoms with Crippen molar-refractivity contribution in [1.82, 2.24) is 9.97 Å². The molecule has 2 aromatic rings. The number of aromatic hydroxyl groups is 1. The van der Waals surface area contributed by atoms with Crippen LogP contribution in [0.25, 0.3) is 11.1 Å². The van der Waals surface area contributed by atoms with Crippen LogP contribution in [0.2, 0.25) is 0 Å². The Bertz CT molecular complexity index is 682. The van der Waals surface area contributed by atoms with Gasteiger partial charge in [0, 0.05) is 6.42 Å². The topological polar surface area (TPSA) is 66.0 Å². The van der Waals surface area contributed by atoms with E-state index >= 15 is 0 Å². The summed E-state index contributed by atoms with van der Waals surface area (Å²) in [4.78, 5) is 19.1. The maximum absolute atomic E-state index is 12.2. The lowest BCUT2D eigenvalue weighted by Crippen LogP contribution is -2.18. The van der Waals surface area contributed by atoms with E-state index in [0.717, 1.165) is 5.56 Å². The lowest BCUT2D eigenvalue weighted by Gasteiger charge is -2.17. The molecule has 106 valence electrons. The van der Waals surface area contributed by atoms with Crippen molar-refractivity contribution in [2.24, 2.45) is 5.41 Å². The number of hydrogen-bond donors (Lipinski definition) is 2. The molecule has 0 unspecified atom stereocenters. The summed E-state index contributed by atoms with van der Waals surface area (Å²) in [6.07, 6.45) is 0.601. The summed E-state index contributed by atoms with van der Waals surface area (Å²) in [5.74, 6) is 0.301. The summed E-state index contributed by atoms with van der Waals surface area (Å²) in [5, 5.41) is 10.1. The van der Waals surface area contributed by atoms with E-state index in [0.29, 0.717) is 17.8 Å². The fourth-order valence-corrected chi connectivity index (χ4v) is 2.15. The van der Waals surface area contributed by atoms with E-state index in [1.54, 1.807) is 6.07 Å². The number of aryl methyl sites for hydroxylation is 1. The normalized spacial score (nSPS) is 11.6. The summed E-state index contributed by atoms with van der Waals surface area (Å²) < 4.78 is 0. The minimum Gasteiger partial charge on any atom is -0.493 e. The zero-order valence-electron chi connectivity index (χ0n) is 12.3. The summed E-state index contributed by atoms with van der Waals surface area (Å²) in [6, 6.07) is 7.45. The molecule has 0 saturated carbocycles. The molecule has 4 heteroatoms. The fourth-order valence-electron chi connectivity index (χ4n) is 2.15. The molecule has 0 atom stereocenters. The van der Waals surface area contributed by atoms with Gasteiger partial charge in [-0.15, -0.1) is 0 Å². The number of nitrogens with one attached hydrogen (secondary N) is 1. The van der Waals surface area contributed by atoms with Gasteiger partial charge in [0.2, 0.25) is 5.88 Å². The lowest BCUT2D eigenvalue weighted by atomic mass is 9.92. The van der Waals surface area contributed by atoms with E-state index in [2.05, 4.69) is 30.7 Å². The molecular weight excluding hydrogens is 252 g/mol. The molecule has 1 aromatic heterocycles. The Hall–Kier alpha value is -2.10. The number of benzene rings is 1. The monoisotopic (exact) mass is 272 g/mol. The van der Waals surface area contributed by atoms with Gasteiger partial charge in [-0.05, 0) is 17.9 Å². The van der Waals surface area contributed by atoms with Crippen LogP contribution in [-0.2, 0) is 6.42 Å². The highest BCUT2D eigenvalue weighted by Gasteiger charge is 2.17. The van der Waals surface area contributed by atoms with Crippen molar-refractivity contribution in [2.45, 2.75) is 34.1 Å². The van der Waals surface area contributed by atoms with Gasteiger partial charge in [-0.3, -0.25) is 4.79 Å². The van der Waals surface area contributed by atoms with Crippen LogP contribution in [0, 0.1) is 12.3 Å². The van der Waals surface area contributed by atoms with Crippen molar-refractivity contribution in [2.75, 3.05) is 0 Å². The Balaban J connectivity index is 2.50. The standard InChI is InChI=1S/C16H20N2O2/c1-10-6-5-7-11(8-10)13-14(19)17-12(18-15(13)20)9-16(2,3)4/h5-8H,9H2,1-4H3,(H2,17,18,19,20). The van der Waals surface area contributed by atoms with Crippen LogP contribution < -0.4 is 5.56 Å². The van der Waals surface area contributed by atoms with E-state index in [9.17, 15) is 9.90 Å². The maximum Gasteiger partial charge on any atom is 0.262 e. The van der Waals surface area contributed by atoms with Gasteiger partial charge >= 0.3 is 0 Å². The largest absolute Gasteiger partial charge is 0.493 e. The van der Waals surface area contributed by atoms with Gasteiger partial charge in [0.05, 0.1) is 0 Å². The quantitative estimate of drug-likeness (QED) is 0.883. The van der Waals surface area contributed by atoms with E-state index in [1.807, 2.05) is 25.1 Å². The van der Waals surface area contributed by atoms with Gasteiger partial charge in [0.15, 0.2) is 0 Å². The second-order valence-electron chi connectivity index (χ2n) is 6.32. The van der Waals surface area contributed by atoms with Crippen LogP contribution in [0.4, 0.5) is 0 Å². The van der Waals surface area contributed by atoms with Crippen molar-refractivity contribution in [1.29, 1.82) is 0 Å². The highest BCUT2D eigenvalue weighted by atomic mass is 16.3. The zero-order chi connectivity index (χ0) is 14.9. The summed E-state index contributed by atoms with van der Waals surface area (Å²) in [7, 11) is 0. The first kappa shape index (κ1) is 14.3. The minimum atomic E-state index is -0.303. The predicted octanol–water partition coefficient (Wildman–Crippen LogP) is 3.04. The van der Waals surface area contributed by atoms with Gasteiger partial charge < -0.3 is 10.1 Å². The van der Waals surface area contributed by atoms with Gasteiger partial charge in [-0.2, -0.15) is 4.98 Å². The Kier molecular flexibility index (Phi) is 3.66. The fraction of sp³-hybridized carbons (Fsp3) is 0.375. The number of aromatic amines is 1. The second kappa shape index (κ2) is 5.12. The minimum absolute atomic E-state index is 0.00671. The van der Waals surface area contributed by atoms with Gasteiger partial charge in [0.25, 0.3) is 5.56 Å². The molecule has 1 aromatic carbocycles. The van der Waals surface area contributed by atoms with Crippen LogP contribution in [-0.4, -0.2) is 15.1 Å². The summed E-state index contributed by atoms with van der Waals surface area (Å²) >= 11 is 0. The highest BCUT2D eigenvalue weighted by Crippen LogP contribution is 2.25. The predicted molar refractivity (Wildman–Crippen MR) is 79.9 cm³/mol. The first-order chi connectivity index (χ1) is 9.26. The first-order valence-corrected chi connectivity index (χ1v) is 6.65. The molecule has 0 saturated heterocycles.